The standard InChI is InChI=1S/C9H14N2O3S/c1-7-6-15-9(10-7)11(3-4-14-2)5-8(12)13/h6H,3-5H2,1-2H3,(H,12,13). The Kier molecular flexibility index (Phi) is 4.51. The van der Waals surface area contributed by atoms with E-state index in [9.17, 15) is 4.79 Å². The van der Waals surface area contributed by atoms with Crippen LogP contribution in [0.5, 0.6) is 0 Å². The fraction of sp³-hybridized carbons (Fsp3) is 0.556. The Bertz CT molecular complexity index is 327. The van der Waals surface area contributed by atoms with Gasteiger partial charge < -0.3 is 14.7 Å². The lowest BCUT2D eigenvalue weighted by Crippen LogP contribution is -2.32. The van der Waals surface area contributed by atoms with Crippen molar-refractivity contribution in [1.82, 2.24) is 4.98 Å². The van der Waals surface area contributed by atoms with Crippen LogP contribution in [-0.2, 0) is 9.53 Å². The summed E-state index contributed by atoms with van der Waals surface area (Å²) >= 11 is 1.45. The number of carboxylic acid groups (broad SMARTS) is 1. The molecule has 1 aromatic heterocycles. The second-order valence-electron chi connectivity index (χ2n) is 3.08. The first-order valence-electron chi connectivity index (χ1n) is 4.51. The summed E-state index contributed by atoms with van der Waals surface area (Å²) < 4.78 is 4.92. The zero-order valence-electron chi connectivity index (χ0n) is 8.77. The zero-order valence-corrected chi connectivity index (χ0v) is 9.58. The van der Waals surface area contributed by atoms with Crippen LogP contribution in [0.25, 0.3) is 0 Å². The minimum atomic E-state index is -0.862. The Balaban J connectivity index is 2.66. The van der Waals surface area contributed by atoms with Gasteiger partial charge in [-0.1, -0.05) is 0 Å². The Morgan fingerprint density at radius 1 is 1.73 bits per heavy atom. The predicted molar refractivity (Wildman–Crippen MR) is 58.6 cm³/mol. The highest BCUT2D eigenvalue weighted by atomic mass is 32.1. The van der Waals surface area contributed by atoms with Crippen molar-refractivity contribution in [3.63, 3.8) is 0 Å². The minimum absolute atomic E-state index is 0.0453. The van der Waals surface area contributed by atoms with Crippen LogP contribution in [0.15, 0.2) is 5.38 Å². The molecule has 0 spiro atoms. The first kappa shape index (κ1) is 11.9. The van der Waals surface area contributed by atoms with Crippen LogP contribution in [-0.4, -0.2) is 42.9 Å². The molecular weight excluding hydrogens is 216 g/mol. The van der Waals surface area contributed by atoms with E-state index in [0.29, 0.717) is 13.2 Å². The van der Waals surface area contributed by atoms with Gasteiger partial charge >= 0.3 is 5.97 Å². The van der Waals surface area contributed by atoms with Crippen LogP contribution in [0.4, 0.5) is 5.13 Å². The highest BCUT2D eigenvalue weighted by Gasteiger charge is 2.13. The fourth-order valence-electron chi connectivity index (χ4n) is 1.09. The van der Waals surface area contributed by atoms with Gasteiger partial charge in [0.05, 0.1) is 12.3 Å². The minimum Gasteiger partial charge on any atom is -0.480 e. The maximum absolute atomic E-state index is 10.6. The topological polar surface area (TPSA) is 62.7 Å². The van der Waals surface area contributed by atoms with E-state index in [2.05, 4.69) is 4.98 Å². The van der Waals surface area contributed by atoms with Crippen LogP contribution in [0.3, 0.4) is 0 Å². The number of hydrogen-bond acceptors (Lipinski definition) is 5. The summed E-state index contributed by atoms with van der Waals surface area (Å²) in [6.07, 6.45) is 0. The molecule has 0 saturated heterocycles. The summed E-state index contributed by atoms with van der Waals surface area (Å²) in [5.41, 5.74) is 0.905. The maximum Gasteiger partial charge on any atom is 0.323 e. The van der Waals surface area contributed by atoms with Gasteiger partial charge in [0.25, 0.3) is 0 Å². The maximum atomic E-state index is 10.6. The first-order valence-corrected chi connectivity index (χ1v) is 5.39. The van der Waals surface area contributed by atoms with Crippen molar-refractivity contribution < 1.29 is 14.6 Å². The molecular formula is C9H14N2O3S. The van der Waals surface area contributed by atoms with E-state index in [1.807, 2.05) is 12.3 Å². The molecule has 0 bridgehead atoms. The molecule has 0 aliphatic carbocycles. The van der Waals surface area contributed by atoms with E-state index in [-0.39, 0.29) is 6.54 Å². The zero-order chi connectivity index (χ0) is 11.3. The number of aromatic nitrogens is 1. The molecule has 1 rings (SSSR count). The van der Waals surface area contributed by atoms with Gasteiger partial charge in [0.2, 0.25) is 0 Å². The first-order chi connectivity index (χ1) is 7.13. The van der Waals surface area contributed by atoms with Crippen molar-refractivity contribution in [3.05, 3.63) is 11.1 Å². The van der Waals surface area contributed by atoms with Crippen LogP contribution in [0.2, 0.25) is 0 Å². The van der Waals surface area contributed by atoms with Crippen LogP contribution >= 0.6 is 11.3 Å². The monoisotopic (exact) mass is 230 g/mol. The average Bonchev–Trinajstić information content (AvgIpc) is 2.58. The lowest BCUT2D eigenvalue weighted by molar-refractivity contribution is -0.135. The number of carbonyl (C=O) groups is 1. The van der Waals surface area contributed by atoms with Crippen molar-refractivity contribution >= 4 is 22.4 Å². The molecule has 1 N–H and O–H groups in total. The van der Waals surface area contributed by atoms with Gasteiger partial charge in [0, 0.05) is 19.0 Å². The fourth-order valence-corrected chi connectivity index (χ4v) is 1.92. The summed E-state index contributed by atoms with van der Waals surface area (Å²) in [4.78, 5) is 16.6. The number of anilines is 1. The van der Waals surface area contributed by atoms with Gasteiger partial charge in [-0.05, 0) is 6.92 Å². The Labute approximate surface area is 92.3 Å². The summed E-state index contributed by atoms with van der Waals surface area (Å²) in [7, 11) is 1.59. The van der Waals surface area contributed by atoms with Gasteiger partial charge in [-0.25, -0.2) is 4.98 Å². The van der Waals surface area contributed by atoms with Gasteiger partial charge in [0.15, 0.2) is 5.13 Å². The number of carboxylic acids is 1. The van der Waals surface area contributed by atoms with E-state index >= 15 is 0 Å². The molecule has 5 nitrogen and oxygen atoms in total. The summed E-state index contributed by atoms with van der Waals surface area (Å²) in [5, 5.41) is 11.4. The molecule has 0 atom stereocenters. The third-order valence-corrected chi connectivity index (χ3v) is 2.79. The number of rotatable bonds is 6. The quantitative estimate of drug-likeness (QED) is 0.789. The second-order valence-corrected chi connectivity index (χ2v) is 3.92. The lowest BCUT2D eigenvalue weighted by atomic mass is 10.5. The van der Waals surface area contributed by atoms with Crippen molar-refractivity contribution in [2.75, 3.05) is 31.7 Å². The molecule has 0 unspecified atom stereocenters. The van der Waals surface area contributed by atoms with Gasteiger partial charge in [0.1, 0.15) is 6.54 Å². The number of methoxy groups -OCH3 is 1. The number of thiazole rings is 1. The molecule has 1 heterocycles. The third kappa shape index (κ3) is 3.85. The van der Waals surface area contributed by atoms with E-state index in [0.717, 1.165) is 10.8 Å². The Morgan fingerprint density at radius 2 is 2.47 bits per heavy atom. The van der Waals surface area contributed by atoms with E-state index < -0.39 is 5.97 Å². The molecule has 0 radical (unpaired) electrons. The summed E-state index contributed by atoms with van der Waals surface area (Å²) in [6, 6.07) is 0. The van der Waals surface area contributed by atoms with Crippen LogP contribution in [0.1, 0.15) is 5.69 Å². The molecule has 0 aromatic carbocycles. The smallest absolute Gasteiger partial charge is 0.323 e. The second kappa shape index (κ2) is 5.67. The van der Waals surface area contributed by atoms with E-state index in [1.54, 1.807) is 12.0 Å². The van der Waals surface area contributed by atoms with Crippen molar-refractivity contribution in [2.24, 2.45) is 0 Å². The van der Waals surface area contributed by atoms with Gasteiger partial charge in [-0.2, -0.15) is 0 Å². The molecule has 15 heavy (non-hydrogen) atoms. The van der Waals surface area contributed by atoms with E-state index in [1.165, 1.54) is 11.3 Å². The highest BCUT2D eigenvalue weighted by molar-refractivity contribution is 7.13. The van der Waals surface area contributed by atoms with Gasteiger partial charge in [-0.15, -0.1) is 11.3 Å². The van der Waals surface area contributed by atoms with Crippen molar-refractivity contribution in [2.45, 2.75) is 6.92 Å². The van der Waals surface area contributed by atoms with Crippen LogP contribution in [0, 0.1) is 6.92 Å². The Morgan fingerprint density at radius 3 is 2.93 bits per heavy atom. The Hall–Kier alpha value is -1.14. The molecule has 0 aliphatic rings. The molecule has 0 fully saturated rings. The number of aryl methyl sites for hydroxylation is 1. The van der Waals surface area contributed by atoms with Crippen LogP contribution < -0.4 is 4.90 Å². The molecule has 0 aliphatic heterocycles. The van der Waals surface area contributed by atoms with Crippen molar-refractivity contribution in [3.8, 4) is 0 Å². The molecule has 6 heteroatoms. The predicted octanol–water partition coefficient (Wildman–Crippen LogP) is 0.989. The molecule has 84 valence electrons. The van der Waals surface area contributed by atoms with E-state index in [4.69, 9.17) is 9.84 Å². The summed E-state index contributed by atoms with van der Waals surface area (Å²) in [5.74, 6) is -0.862. The molecule has 0 saturated carbocycles. The average molecular weight is 230 g/mol. The largest absolute Gasteiger partial charge is 0.480 e. The number of ether oxygens (including phenoxy) is 1. The lowest BCUT2D eigenvalue weighted by Gasteiger charge is -2.18. The number of hydrogen-bond donors (Lipinski definition) is 1. The molecule has 1 aromatic rings. The van der Waals surface area contributed by atoms with Crippen molar-refractivity contribution in [1.29, 1.82) is 0 Å². The SMILES string of the molecule is COCCN(CC(=O)O)c1nc(C)cs1. The summed E-state index contributed by atoms with van der Waals surface area (Å²) in [6.45, 7) is 2.87. The number of aliphatic carboxylic acids is 1. The third-order valence-electron chi connectivity index (χ3n) is 1.77. The van der Waals surface area contributed by atoms with Gasteiger partial charge in [-0.3, -0.25) is 4.79 Å². The molecule has 0 amide bonds. The normalized spacial score (nSPS) is 10.3. The number of nitrogens with zero attached hydrogens (tertiary/aromatic N) is 2. The highest BCUT2D eigenvalue weighted by Crippen LogP contribution is 2.19.